The highest BCUT2D eigenvalue weighted by Crippen LogP contribution is 2.30. The first-order valence-corrected chi connectivity index (χ1v) is 7.23. The van der Waals surface area contributed by atoms with Gasteiger partial charge in [0.25, 0.3) is 5.91 Å². The molecule has 1 amide bonds. The summed E-state index contributed by atoms with van der Waals surface area (Å²) >= 11 is 3.11. The Hall–Kier alpha value is -1.62. The summed E-state index contributed by atoms with van der Waals surface area (Å²) in [6.45, 7) is 0.450. The molecule has 0 saturated heterocycles. The maximum Gasteiger partial charge on any atom is 0.254 e. The summed E-state index contributed by atoms with van der Waals surface area (Å²) in [4.78, 5) is 14.3. The minimum Gasteiger partial charge on any atom is -0.467 e. The highest BCUT2D eigenvalue weighted by molar-refractivity contribution is 9.10. The van der Waals surface area contributed by atoms with E-state index >= 15 is 0 Å². The molecule has 1 fully saturated rings. The van der Waals surface area contributed by atoms with E-state index in [1.165, 1.54) is 18.2 Å². The molecule has 0 spiro atoms. The molecule has 1 saturated carbocycles. The number of halogens is 2. The third-order valence-corrected chi connectivity index (χ3v) is 3.93. The summed E-state index contributed by atoms with van der Waals surface area (Å²) in [5.41, 5.74) is 0.483. The SMILES string of the molecule is O=C(c1ccc(F)c(Br)c1)N(Cc1ccco1)C1CC1. The van der Waals surface area contributed by atoms with Crippen LogP contribution in [0, 0.1) is 5.82 Å². The first-order chi connectivity index (χ1) is 9.65. The number of benzene rings is 1. The van der Waals surface area contributed by atoms with E-state index in [9.17, 15) is 9.18 Å². The highest BCUT2D eigenvalue weighted by Gasteiger charge is 2.33. The summed E-state index contributed by atoms with van der Waals surface area (Å²) in [5.74, 6) is 0.293. The summed E-state index contributed by atoms with van der Waals surface area (Å²) < 4.78 is 18.9. The molecular weight excluding hydrogens is 325 g/mol. The number of carbonyl (C=O) groups is 1. The Morgan fingerprint density at radius 1 is 1.40 bits per heavy atom. The zero-order valence-corrected chi connectivity index (χ0v) is 12.3. The standard InChI is InChI=1S/C15H13BrFNO2/c16-13-8-10(3-6-14(13)17)15(19)18(11-4-5-11)9-12-2-1-7-20-12/h1-3,6-8,11H,4-5,9H2. The molecule has 1 aliphatic rings. The van der Waals surface area contributed by atoms with Gasteiger partial charge in [-0.15, -0.1) is 0 Å². The minimum atomic E-state index is -0.370. The van der Waals surface area contributed by atoms with Crippen LogP contribution in [-0.4, -0.2) is 16.8 Å². The van der Waals surface area contributed by atoms with Crippen LogP contribution in [0.3, 0.4) is 0 Å². The second kappa shape index (κ2) is 5.40. The van der Waals surface area contributed by atoms with Gasteiger partial charge in [-0.05, 0) is 59.1 Å². The first-order valence-electron chi connectivity index (χ1n) is 6.43. The lowest BCUT2D eigenvalue weighted by atomic mass is 10.2. The molecule has 1 aromatic heterocycles. The number of carbonyl (C=O) groups excluding carboxylic acids is 1. The minimum absolute atomic E-state index is 0.0930. The Labute approximate surface area is 124 Å². The summed E-state index contributed by atoms with van der Waals surface area (Å²) in [6.07, 6.45) is 3.61. The van der Waals surface area contributed by atoms with E-state index in [1.54, 1.807) is 17.2 Å². The van der Waals surface area contributed by atoms with Gasteiger partial charge in [0, 0.05) is 11.6 Å². The van der Waals surface area contributed by atoms with Crippen LogP contribution < -0.4 is 0 Å². The van der Waals surface area contributed by atoms with Crippen molar-refractivity contribution in [2.24, 2.45) is 0 Å². The highest BCUT2D eigenvalue weighted by atomic mass is 79.9. The molecule has 0 radical (unpaired) electrons. The molecular formula is C15H13BrFNO2. The molecule has 1 heterocycles. The maximum absolute atomic E-state index is 13.3. The Morgan fingerprint density at radius 2 is 2.20 bits per heavy atom. The molecule has 0 bridgehead atoms. The molecule has 0 atom stereocenters. The number of amides is 1. The fourth-order valence-corrected chi connectivity index (χ4v) is 2.50. The van der Waals surface area contributed by atoms with E-state index in [1.807, 2.05) is 6.07 Å². The van der Waals surface area contributed by atoms with E-state index in [2.05, 4.69) is 15.9 Å². The smallest absolute Gasteiger partial charge is 0.254 e. The second-order valence-electron chi connectivity index (χ2n) is 4.87. The average molecular weight is 338 g/mol. The van der Waals surface area contributed by atoms with Crippen molar-refractivity contribution in [3.63, 3.8) is 0 Å². The lowest BCUT2D eigenvalue weighted by molar-refractivity contribution is 0.0717. The molecule has 3 nitrogen and oxygen atoms in total. The van der Waals surface area contributed by atoms with Crippen molar-refractivity contribution in [3.05, 3.63) is 58.2 Å². The van der Waals surface area contributed by atoms with Gasteiger partial charge in [-0.1, -0.05) is 0 Å². The van der Waals surface area contributed by atoms with Crippen molar-refractivity contribution in [1.29, 1.82) is 0 Å². The van der Waals surface area contributed by atoms with Crippen LogP contribution in [-0.2, 0) is 6.54 Å². The normalized spacial score (nSPS) is 14.3. The van der Waals surface area contributed by atoms with Crippen LogP contribution in [0.25, 0.3) is 0 Å². The molecule has 2 aromatic rings. The Morgan fingerprint density at radius 3 is 2.80 bits per heavy atom. The largest absolute Gasteiger partial charge is 0.467 e. The Balaban J connectivity index is 1.83. The van der Waals surface area contributed by atoms with Crippen molar-refractivity contribution < 1.29 is 13.6 Å². The van der Waals surface area contributed by atoms with Gasteiger partial charge in [0.1, 0.15) is 11.6 Å². The lowest BCUT2D eigenvalue weighted by Gasteiger charge is -2.21. The zero-order chi connectivity index (χ0) is 14.1. The Kier molecular flexibility index (Phi) is 3.61. The number of furan rings is 1. The molecule has 0 aliphatic heterocycles. The van der Waals surface area contributed by atoms with Crippen molar-refractivity contribution >= 4 is 21.8 Å². The van der Waals surface area contributed by atoms with Gasteiger partial charge in [-0.3, -0.25) is 4.79 Å². The van der Waals surface area contributed by atoms with E-state index in [-0.39, 0.29) is 17.8 Å². The molecule has 1 aliphatic carbocycles. The molecule has 3 rings (SSSR count). The summed E-state index contributed by atoms with van der Waals surface area (Å²) in [6, 6.07) is 8.25. The van der Waals surface area contributed by atoms with Crippen molar-refractivity contribution in [2.45, 2.75) is 25.4 Å². The van der Waals surface area contributed by atoms with Gasteiger partial charge >= 0.3 is 0 Å². The fraction of sp³-hybridized carbons (Fsp3) is 0.267. The van der Waals surface area contributed by atoms with E-state index < -0.39 is 0 Å². The van der Waals surface area contributed by atoms with Gasteiger partial charge in [0.05, 0.1) is 17.3 Å². The topological polar surface area (TPSA) is 33.5 Å². The number of rotatable bonds is 4. The van der Waals surface area contributed by atoms with E-state index in [0.717, 1.165) is 18.6 Å². The van der Waals surface area contributed by atoms with Crippen LogP contribution in [0.5, 0.6) is 0 Å². The first kappa shape index (κ1) is 13.4. The molecule has 104 valence electrons. The maximum atomic E-state index is 13.3. The van der Waals surface area contributed by atoms with Gasteiger partial charge in [0.15, 0.2) is 0 Å². The quantitative estimate of drug-likeness (QED) is 0.845. The van der Waals surface area contributed by atoms with Crippen molar-refractivity contribution in [2.75, 3.05) is 0 Å². The summed E-state index contributed by atoms with van der Waals surface area (Å²) in [5, 5.41) is 0. The second-order valence-corrected chi connectivity index (χ2v) is 5.73. The van der Waals surface area contributed by atoms with Gasteiger partial charge < -0.3 is 9.32 Å². The predicted molar refractivity (Wildman–Crippen MR) is 75.7 cm³/mol. The Bertz CT molecular complexity index is 623. The van der Waals surface area contributed by atoms with Crippen LogP contribution in [0.4, 0.5) is 4.39 Å². The fourth-order valence-electron chi connectivity index (χ4n) is 2.12. The van der Waals surface area contributed by atoms with Crippen LogP contribution in [0.2, 0.25) is 0 Å². The lowest BCUT2D eigenvalue weighted by Crippen LogP contribution is -2.32. The third kappa shape index (κ3) is 2.77. The predicted octanol–water partition coefficient (Wildman–Crippen LogP) is 3.99. The molecule has 20 heavy (non-hydrogen) atoms. The van der Waals surface area contributed by atoms with Gasteiger partial charge in [-0.2, -0.15) is 0 Å². The third-order valence-electron chi connectivity index (χ3n) is 3.32. The van der Waals surface area contributed by atoms with Gasteiger partial charge in [0.2, 0.25) is 0 Å². The van der Waals surface area contributed by atoms with Crippen LogP contribution in [0.15, 0.2) is 45.5 Å². The average Bonchev–Trinajstić information content (AvgIpc) is 3.15. The van der Waals surface area contributed by atoms with E-state index in [0.29, 0.717) is 16.6 Å². The molecule has 0 N–H and O–H groups in total. The molecule has 5 heteroatoms. The number of hydrogen-bond acceptors (Lipinski definition) is 2. The van der Waals surface area contributed by atoms with Gasteiger partial charge in [-0.25, -0.2) is 4.39 Å². The van der Waals surface area contributed by atoms with Crippen molar-refractivity contribution in [1.82, 2.24) is 4.90 Å². The van der Waals surface area contributed by atoms with Crippen molar-refractivity contribution in [3.8, 4) is 0 Å². The van der Waals surface area contributed by atoms with Crippen LogP contribution >= 0.6 is 15.9 Å². The number of hydrogen-bond donors (Lipinski definition) is 0. The monoisotopic (exact) mass is 337 g/mol. The zero-order valence-electron chi connectivity index (χ0n) is 10.7. The number of nitrogens with zero attached hydrogens (tertiary/aromatic N) is 1. The summed E-state index contributed by atoms with van der Waals surface area (Å²) in [7, 11) is 0. The van der Waals surface area contributed by atoms with Crippen LogP contribution in [0.1, 0.15) is 29.0 Å². The molecule has 0 unspecified atom stereocenters. The molecule has 1 aromatic carbocycles. The van der Waals surface area contributed by atoms with E-state index in [4.69, 9.17) is 4.42 Å².